The highest BCUT2D eigenvalue weighted by Crippen LogP contribution is 2.26. The summed E-state index contributed by atoms with van der Waals surface area (Å²) in [5.74, 6) is 0.860. The van der Waals surface area contributed by atoms with Gasteiger partial charge in [-0.25, -0.2) is 0 Å². The van der Waals surface area contributed by atoms with E-state index in [0.29, 0.717) is 6.04 Å². The van der Waals surface area contributed by atoms with Crippen molar-refractivity contribution in [3.8, 4) is 5.75 Å². The molecule has 1 aliphatic heterocycles. The zero-order valence-electron chi connectivity index (χ0n) is 12.9. The number of hydrogen-bond acceptors (Lipinski definition) is 4. The first-order valence-corrected chi connectivity index (χ1v) is 7.94. The number of hydrogen-bond donors (Lipinski definition) is 1. The summed E-state index contributed by atoms with van der Waals surface area (Å²) in [6.45, 7) is 2.60. The van der Waals surface area contributed by atoms with Gasteiger partial charge in [0.05, 0.1) is 12.3 Å². The molecule has 0 aromatic heterocycles. The van der Waals surface area contributed by atoms with Gasteiger partial charge in [-0.15, -0.1) is 0 Å². The second-order valence-corrected chi connectivity index (χ2v) is 5.92. The predicted molar refractivity (Wildman–Crippen MR) is 84.2 cm³/mol. The minimum absolute atomic E-state index is 0.0259. The van der Waals surface area contributed by atoms with Gasteiger partial charge in [0.25, 0.3) is 5.91 Å². The maximum Gasteiger partial charge on any atom is 0.260 e. The molecule has 118 valence electrons. The summed E-state index contributed by atoms with van der Waals surface area (Å²) in [5.41, 5.74) is 2.97. The Kier molecular flexibility index (Phi) is 4.61. The van der Waals surface area contributed by atoms with Crippen LogP contribution in [0.1, 0.15) is 43.7 Å². The average molecular weight is 302 g/mol. The normalized spacial score (nSPS) is 18.0. The molecule has 0 unspecified atom stereocenters. The fourth-order valence-electron chi connectivity index (χ4n) is 2.99. The first kappa shape index (κ1) is 14.9. The number of nitrogens with zero attached hydrogens (tertiary/aromatic N) is 1. The van der Waals surface area contributed by atoms with Crippen LogP contribution in [0.25, 0.3) is 0 Å². The van der Waals surface area contributed by atoms with Crippen LogP contribution >= 0.6 is 0 Å². The lowest BCUT2D eigenvalue weighted by molar-refractivity contribution is -0.126. The van der Waals surface area contributed by atoms with Gasteiger partial charge in [0.2, 0.25) is 0 Å². The van der Waals surface area contributed by atoms with E-state index in [9.17, 15) is 4.79 Å². The van der Waals surface area contributed by atoms with Crippen LogP contribution in [-0.4, -0.2) is 30.9 Å². The summed E-state index contributed by atoms with van der Waals surface area (Å²) in [7, 11) is 0. The monoisotopic (exact) mass is 302 g/mol. The smallest absolute Gasteiger partial charge is 0.260 e. The number of rotatable bonds is 5. The van der Waals surface area contributed by atoms with Crippen LogP contribution in [0.5, 0.6) is 5.75 Å². The van der Waals surface area contributed by atoms with Gasteiger partial charge in [0, 0.05) is 12.5 Å². The third kappa shape index (κ3) is 3.59. The minimum atomic E-state index is -0.0918. The number of amides is 1. The molecular weight excluding hydrogens is 280 g/mol. The molecule has 1 aliphatic carbocycles. The van der Waals surface area contributed by atoms with Gasteiger partial charge >= 0.3 is 0 Å². The van der Waals surface area contributed by atoms with Crippen molar-refractivity contribution < 1.29 is 14.4 Å². The number of carbonyl (C=O) groups excluding carboxylic acids is 1. The Morgan fingerprint density at radius 1 is 1.41 bits per heavy atom. The molecule has 22 heavy (non-hydrogen) atoms. The molecule has 1 fully saturated rings. The van der Waals surface area contributed by atoms with Crippen LogP contribution in [0.4, 0.5) is 0 Å². The van der Waals surface area contributed by atoms with E-state index in [1.165, 1.54) is 18.4 Å². The molecular formula is C17H22N2O3. The number of carbonyl (C=O) groups is 1. The van der Waals surface area contributed by atoms with Crippen molar-refractivity contribution in [1.29, 1.82) is 0 Å². The third-order valence-electron chi connectivity index (χ3n) is 4.22. The standard InChI is InChI=1S/C17H22N2O3/c1-12(13-6-7-16-14(10-13)8-9-21-16)19-22-11-17(20)18-15-4-2-3-5-15/h6-7,10,15H,2-5,8-9,11H2,1H3,(H,18,20)/b19-12+. The topological polar surface area (TPSA) is 59.9 Å². The summed E-state index contributed by atoms with van der Waals surface area (Å²) >= 11 is 0. The molecule has 0 saturated heterocycles. The molecule has 2 aliphatic rings. The third-order valence-corrected chi connectivity index (χ3v) is 4.22. The van der Waals surface area contributed by atoms with E-state index >= 15 is 0 Å². The molecule has 0 bridgehead atoms. The SMILES string of the molecule is C/C(=N\OCC(=O)NC1CCCC1)c1ccc2c(c1)CCO2. The predicted octanol–water partition coefficient (Wildman–Crippen LogP) is 2.42. The summed E-state index contributed by atoms with van der Waals surface area (Å²) in [6, 6.07) is 6.32. The largest absolute Gasteiger partial charge is 0.493 e. The van der Waals surface area contributed by atoms with Gasteiger partial charge in [-0.1, -0.05) is 18.0 Å². The van der Waals surface area contributed by atoms with Crippen molar-refractivity contribution in [2.24, 2.45) is 5.16 Å². The minimum Gasteiger partial charge on any atom is -0.493 e. The molecule has 0 radical (unpaired) electrons. The van der Waals surface area contributed by atoms with Crippen molar-refractivity contribution in [3.63, 3.8) is 0 Å². The summed E-state index contributed by atoms with van der Waals surface area (Å²) in [4.78, 5) is 16.9. The number of benzene rings is 1. The van der Waals surface area contributed by atoms with Crippen LogP contribution < -0.4 is 10.1 Å². The maximum absolute atomic E-state index is 11.7. The Morgan fingerprint density at radius 3 is 3.05 bits per heavy atom. The molecule has 5 heteroatoms. The lowest BCUT2D eigenvalue weighted by Gasteiger charge is -2.11. The Hall–Kier alpha value is -2.04. The summed E-state index contributed by atoms with van der Waals surface area (Å²) < 4.78 is 5.48. The first-order chi connectivity index (χ1) is 10.7. The van der Waals surface area contributed by atoms with E-state index in [1.54, 1.807) is 0 Å². The lowest BCUT2D eigenvalue weighted by atomic mass is 10.1. The van der Waals surface area contributed by atoms with Crippen molar-refractivity contribution in [2.75, 3.05) is 13.2 Å². The Bertz CT molecular complexity index is 577. The molecule has 1 amide bonds. The van der Waals surface area contributed by atoms with Gasteiger partial charge in [-0.3, -0.25) is 4.79 Å². The van der Waals surface area contributed by atoms with Crippen LogP contribution in [0.3, 0.4) is 0 Å². The van der Waals surface area contributed by atoms with Crippen molar-refractivity contribution in [1.82, 2.24) is 5.32 Å². The molecule has 1 saturated carbocycles. The van der Waals surface area contributed by atoms with E-state index in [4.69, 9.17) is 9.57 Å². The second kappa shape index (κ2) is 6.81. The second-order valence-electron chi connectivity index (χ2n) is 5.92. The number of oxime groups is 1. The first-order valence-electron chi connectivity index (χ1n) is 7.94. The zero-order chi connectivity index (χ0) is 15.4. The van der Waals surface area contributed by atoms with E-state index < -0.39 is 0 Å². The van der Waals surface area contributed by atoms with Crippen LogP contribution in [0, 0.1) is 0 Å². The van der Waals surface area contributed by atoms with Gasteiger partial charge in [0.15, 0.2) is 6.61 Å². The molecule has 5 nitrogen and oxygen atoms in total. The van der Waals surface area contributed by atoms with Gasteiger partial charge < -0.3 is 14.9 Å². The van der Waals surface area contributed by atoms with Crippen LogP contribution in [0.2, 0.25) is 0 Å². The molecule has 0 atom stereocenters. The van der Waals surface area contributed by atoms with Crippen molar-refractivity contribution in [3.05, 3.63) is 29.3 Å². The van der Waals surface area contributed by atoms with Crippen LogP contribution in [0.15, 0.2) is 23.4 Å². The van der Waals surface area contributed by atoms with Gasteiger partial charge in [0.1, 0.15) is 5.75 Å². The Balaban J connectivity index is 1.50. The Labute approximate surface area is 130 Å². The van der Waals surface area contributed by atoms with Crippen molar-refractivity contribution in [2.45, 2.75) is 45.1 Å². The molecule has 1 aromatic rings. The molecule has 0 spiro atoms. The quantitative estimate of drug-likeness (QED) is 0.671. The summed E-state index contributed by atoms with van der Waals surface area (Å²) in [6.07, 6.45) is 5.48. The Morgan fingerprint density at radius 2 is 2.23 bits per heavy atom. The number of nitrogens with one attached hydrogen (secondary N) is 1. The highest BCUT2D eigenvalue weighted by atomic mass is 16.6. The maximum atomic E-state index is 11.7. The highest BCUT2D eigenvalue weighted by Gasteiger charge is 2.17. The van der Waals surface area contributed by atoms with Crippen LogP contribution in [-0.2, 0) is 16.1 Å². The molecule has 3 rings (SSSR count). The molecule has 1 N–H and O–H groups in total. The zero-order valence-corrected chi connectivity index (χ0v) is 12.9. The van der Waals surface area contributed by atoms with E-state index in [0.717, 1.165) is 42.9 Å². The number of ether oxygens (including phenoxy) is 1. The summed E-state index contributed by atoms with van der Waals surface area (Å²) in [5, 5.41) is 7.03. The van der Waals surface area contributed by atoms with Gasteiger partial charge in [-0.2, -0.15) is 0 Å². The van der Waals surface area contributed by atoms with E-state index in [-0.39, 0.29) is 12.5 Å². The van der Waals surface area contributed by atoms with E-state index in [1.807, 2.05) is 19.1 Å². The number of fused-ring (bicyclic) bond motifs is 1. The van der Waals surface area contributed by atoms with Gasteiger partial charge in [-0.05, 0) is 49.1 Å². The fraction of sp³-hybridized carbons (Fsp3) is 0.529. The molecule has 1 aromatic carbocycles. The fourth-order valence-corrected chi connectivity index (χ4v) is 2.99. The highest BCUT2D eigenvalue weighted by molar-refractivity contribution is 5.98. The van der Waals surface area contributed by atoms with Crippen molar-refractivity contribution >= 4 is 11.6 Å². The molecule has 1 heterocycles. The average Bonchev–Trinajstić information content (AvgIpc) is 3.17. The lowest BCUT2D eigenvalue weighted by Crippen LogP contribution is -2.35. The van der Waals surface area contributed by atoms with E-state index in [2.05, 4.69) is 16.5 Å².